The van der Waals surface area contributed by atoms with E-state index >= 15 is 0 Å². The molecule has 5 heteroatoms. The molecule has 0 unspecified atom stereocenters. The second kappa shape index (κ2) is 7.70. The molecule has 1 aliphatic heterocycles. The Hall–Kier alpha value is -1.66. The minimum atomic E-state index is 0.425. The topological polar surface area (TPSA) is 40.3 Å². The number of aryl methyl sites for hydroxylation is 1. The van der Waals surface area contributed by atoms with Crippen LogP contribution in [0.4, 0.5) is 0 Å². The van der Waals surface area contributed by atoms with Crippen molar-refractivity contribution in [2.24, 2.45) is 0 Å². The summed E-state index contributed by atoms with van der Waals surface area (Å²) in [5.41, 5.74) is 3.86. The molecule has 1 fully saturated rings. The molecule has 3 heterocycles. The van der Waals surface area contributed by atoms with Gasteiger partial charge in [0.2, 0.25) is 0 Å². The highest BCUT2D eigenvalue weighted by Gasteiger charge is 2.23. The third kappa shape index (κ3) is 3.65. The predicted octanol–water partition coefficient (Wildman–Crippen LogP) is 3.70. The molecule has 3 aromatic rings. The molecule has 25 heavy (non-hydrogen) atoms. The number of aromatic amines is 1. The van der Waals surface area contributed by atoms with Gasteiger partial charge in [0.1, 0.15) is 0 Å². The first-order valence-electron chi connectivity index (χ1n) is 8.95. The van der Waals surface area contributed by atoms with Gasteiger partial charge in [0.25, 0.3) is 0 Å². The molecule has 0 spiro atoms. The molecule has 0 amide bonds. The van der Waals surface area contributed by atoms with Crippen LogP contribution in [0, 0.1) is 6.92 Å². The number of ether oxygens (including phenoxy) is 1. The van der Waals surface area contributed by atoms with Crippen molar-refractivity contribution in [2.45, 2.75) is 19.5 Å². The number of thiophene rings is 1. The van der Waals surface area contributed by atoms with Crippen LogP contribution < -0.4 is 5.32 Å². The largest absolute Gasteiger partial charge is 0.379 e. The van der Waals surface area contributed by atoms with E-state index in [1.807, 2.05) is 11.3 Å². The quantitative estimate of drug-likeness (QED) is 0.708. The van der Waals surface area contributed by atoms with E-state index in [0.29, 0.717) is 6.04 Å². The van der Waals surface area contributed by atoms with Gasteiger partial charge in [-0.2, -0.15) is 0 Å². The van der Waals surface area contributed by atoms with Gasteiger partial charge >= 0.3 is 0 Å². The van der Waals surface area contributed by atoms with Gasteiger partial charge in [-0.05, 0) is 30.0 Å². The Labute approximate surface area is 152 Å². The van der Waals surface area contributed by atoms with E-state index < -0.39 is 0 Å². The minimum absolute atomic E-state index is 0.425. The van der Waals surface area contributed by atoms with Crippen molar-refractivity contribution >= 4 is 22.2 Å². The Morgan fingerprint density at radius 1 is 1.20 bits per heavy atom. The van der Waals surface area contributed by atoms with Crippen LogP contribution >= 0.6 is 11.3 Å². The lowest BCUT2D eigenvalue weighted by Crippen LogP contribution is -2.42. The van der Waals surface area contributed by atoms with E-state index in [9.17, 15) is 0 Å². The lowest BCUT2D eigenvalue weighted by molar-refractivity contribution is 0.0168. The third-order valence-corrected chi connectivity index (χ3v) is 6.00. The Kier molecular flexibility index (Phi) is 5.17. The van der Waals surface area contributed by atoms with Crippen molar-refractivity contribution in [3.63, 3.8) is 0 Å². The molecule has 1 saturated heterocycles. The zero-order valence-electron chi connectivity index (χ0n) is 14.6. The van der Waals surface area contributed by atoms with E-state index in [2.05, 4.69) is 63.9 Å². The number of aromatic nitrogens is 1. The Morgan fingerprint density at radius 2 is 2.04 bits per heavy atom. The summed E-state index contributed by atoms with van der Waals surface area (Å²) < 4.78 is 5.53. The summed E-state index contributed by atoms with van der Waals surface area (Å²) in [7, 11) is 0. The molecule has 1 atom stereocenters. The maximum atomic E-state index is 5.53. The summed E-state index contributed by atoms with van der Waals surface area (Å²) >= 11 is 1.85. The van der Waals surface area contributed by atoms with Crippen LogP contribution in [0.1, 0.15) is 22.2 Å². The zero-order chi connectivity index (χ0) is 17.1. The van der Waals surface area contributed by atoms with Crippen LogP contribution in [-0.4, -0.2) is 42.7 Å². The Bertz CT molecular complexity index is 806. The average molecular weight is 356 g/mol. The van der Waals surface area contributed by atoms with E-state index in [1.54, 1.807) is 0 Å². The summed E-state index contributed by atoms with van der Waals surface area (Å²) in [6.07, 6.45) is 0. The van der Waals surface area contributed by atoms with Gasteiger partial charge in [0, 0.05) is 47.7 Å². The third-order valence-electron chi connectivity index (χ3n) is 5.02. The van der Waals surface area contributed by atoms with E-state index in [1.165, 1.54) is 27.0 Å². The Morgan fingerprint density at radius 3 is 2.84 bits per heavy atom. The molecule has 132 valence electrons. The van der Waals surface area contributed by atoms with E-state index in [0.717, 1.165) is 39.4 Å². The van der Waals surface area contributed by atoms with Gasteiger partial charge in [-0.3, -0.25) is 4.90 Å². The molecule has 1 aromatic carbocycles. The highest BCUT2D eigenvalue weighted by atomic mass is 32.1. The number of fused-ring (bicyclic) bond motifs is 1. The number of nitrogens with zero attached hydrogens (tertiary/aromatic N) is 1. The molecular formula is C20H25N3OS. The lowest BCUT2D eigenvalue weighted by Gasteiger charge is -2.34. The fraction of sp³-hybridized carbons (Fsp3) is 0.400. The summed E-state index contributed by atoms with van der Waals surface area (Å²) in [5.74, 6) is 0. The van der Waals surface area contributed by atoms with Gasteiger partial charge < -0.3 is 15.0 Å². The van der Waals surface area contributed by atoms with Crippen molar-refractivity contribution in [3.8, 4) is 0 Å². The Balaban J connectivity index is 1.46. The number of morpholine rings is 1. The predicted molar refractivity (Wildman–Crippen MR) is 104 cm³/mol. The number of nitrogens with one attached hydrogen (secondary N) is 2. The molecule has 2 N–H and O–H groups in total. The number of benzene rings is 1. The van der Waals surface area contributed by atoms with Crippen LogP contribution in [-0.2, 0) is 11.3 Å². The molecule has 0 radical (unpaired) electrons. The first kappa shape index (κ1) is 16.8. The summed E-state index contributed by atoms with van der Waals surface area (Å²) in [6.45, 7) is 7.71. The summed E-state index contributed by atoms with van der Waals surface area (Å²) in [6, 6.07) is 13.4. The van der Waals surface area contributed by atoms with Gasteiger partial charge in [-0.1, -0.05) is 24.3 Å². The van der Waals surface area contributed by atoms with Crippen molar-refractivity contribution in [1.29, 1.82) is 0 Å². The molecule has 4 nitrogen and oxygen atoms in total. The lowest BCUT2D eigenvalue weighted by atomic mass is 10.1. The van der Waals surface area contributed by atoms with Gasteiger partial charge in [0.05, 0.1) is 19.3 Å². The maximum absolute atomic E-state index is 5.53. The van der Waals surface area contributed by atoms with Crippen molar-refractivity contribution < 1.29 is 4.74 Å². The highest BCUT2D eigenvalue weighted by molar-refractivity contribution is 7.10. The number of rotatable bonds is 6. The number of para-hydroxylation sites is 1. The van der Waals surface area contributed by atoms with Crippen LogP contribution in [0.15, 0.2) is 41.8 Å². The number of hydrogen-bond acceptors (Lipinski definition) is 4. The second-order valence-corrected chi connectivity index (χ2v) is 7.56. The zero-order valence-corrected chi connectivity index (χ0v) is 15.4. The standard InChI is InChI=1S/C20H25N3OS/c1-15-17(16-5-2-3-6-18(16)22-15)13-21-14-19(20-7-4-12-25-20)23-8-10-24-11-9-23/h2-7,12,19,21-22H,8-11,13-14H2,1H3/t19-/m1/s1. The van der Waals surface area contributed by atoms with Crippen molar-refractivity contribution in [1.82, 2.24) is 15.2 Å². The number of H-pyrrole nitrogens is 1. The summed E-state index contributed by atoms with van der Waals surface area (Å²) in [5, 5.41) is 7.21. The van der Waals surface area contributed by atoms with Crippen LogP contribution in [0.3, 0.4) is 0 Å². The molecular weight excluding hydrogens is 330 g/mol. The molecule has 0 aliphatic carbocycles. The second-order valence-electron chi connectivity index (χ2n) is 6.58. The highest BCUT2D eigenvalue weighted by Crippen LogP contribution is 2.26. The fourth-order valence-electron chi connectivity index (χ4n) is 3.68. The van der Waals surface area contributed by atoms with Crippen molar-refractivity contribution in [2.75, 3.05) is 32.8 Å². The molecule has 2 aromatic heterocycles. The first-order valence-corrected chi connectivity index (χ1v) is 9.83. The molecule has 0 bridgehead atoms. The summed E-state index contributed by atoms with van der Waals surface area (Å²) in [4.78, 5) is 7.47. The average Bonchev–Trinajstić information content (AvgIpc) is 3.27. The van der Waals surface area contributed by atoms with Crippen LogP contribution in [0.5, 0.6) is 0 Å². The smallest absolute Gasteiger partial charge is 0.0594 e. The monoisotopic (exact) mass is 355 g/mol. The molecule has 1 aliphatic rings. The van der Waals surface area contributed by atoms with E-state index in [4.69, 9.17) is 4.74 Å². The minimum Gasteiger partial charge on any atom is -0.379 e. The van der Waals surface area contributed by atoms with Crippen LogP contribution in [0.25, 0.3) is 10.9 Å². The SMILES string of the molecule is Cc1[nH]c2ccccc2c1CNC[C@H](c1cccs1)N1CCOCC1. The van der Waals surface area contributed by atoms with E-state index in [-0.39, 0.29) is 0 Å². The fourth-order valence-corrected chi connectivity index (χ4v) is 4.54. The van der Waals surface area contributed by atoms with Crippen molar-refractivity contribution in [3.05, 3.63) is 57.9 Å². The molecule has 4 rings (SSSR count). The van der Waals surface area contributed by atoms with Gasteiger partial charge in [-0.25, -0.2) is 0 Å². The first-order chi connectivity index (χ1) is 12.3. The number of hydrogen-bond donors (Lipinski definition) is 2. The van der Waals surface area contributed by atoms with Gasteiger partial charge in [0.15, 0.2) is 0 Å². The normalized spacial score (nSPS) is 17.2. The van der Waals surface area contributed by atoms with Gasteiger partial charge in [-0.15, -0.1) is 11.3 Å². The van der Waals surface area contributed by atoms with Crippen LogP contribution in [0.2, 0.25) is 0 Å². The maximum Gasteiger partial charge on any atom is 0.0594 e. The molecule has 0 saturated carbocycles.